The van der Waals surface area contributed by atoms with E-state index >= 15 is 0 Å². The molecule has 7 heteroatoms. The number of hydrogen-bond donors (Lipinski definition) is 3. The third kappa shape index (κ3) is 3.38. The minimum absolute atomic E-state index is 0.00590. The average molecular weight is 291 g/mol. The van der Waals surface area contributed by atoms with Gasteiger partial charge in [-0.3, -0.25) is 5.32 Å². The van der Waals surface area contributed by atoms with Crippen molar-refractivity contribution in [1.29, 1.82) is 0 Å². The van der Waals surface area contributed by atoms with Crippen LogP contribution in [-0.4, -0.2) is 16.2 Å². The number of carboxylic acid groups (broad SMARTS) is 1. The van der Waals surface area contributed by atoms with Gasteiger partial charge in [0.15, 0.2) is 11.6 Å². The largest absolute Gasteiger partial charge is 0.465 e. The Balaban J connectivity index is 2.37. The molecule has 0 saturated carbocycles. The van der Waals surface area contributed by atoms with Crippen LogP contribution in [0.25, 0.3) is 0 Å². The molecule has 0 fully saturated rings. The highest BCUT2D eigenvalue weighted by atomic mass is 19.1. The molecular formula is C14H14FN3O3. The van der Waals surface area contributed by atoms with Gasteiger partial charge in [-0.25, -0.2) is 14.2 Å². The highest BCUT2D eigenvalue weighted by Crippen LogP contribution is 2.31. The summed E-state index contributed by atoms with van der Waals surface area (Å²) in [6.07, 6.45) is 0.623. The van der Waals surface area contributed by atoms with Gasteiger partial charge in [-0.1, -0.05) is 6.92 Å². The highest BCUT2D eigenvalue weighted by Gasteiger charge is 2.14. The van der Waals surface area contributed by atoms with E-state index in [2.05, 4.69) is 10.3 Å². The van der Waals surface area contributed by atoms with Crippen LogP contribution in [0.5, 0.6) is 11.5 Å². The van der Waals surface area contributed by atoms with E-state index in [-0.39, 0.29) is 11.6 Å². The Morgan fingerprint density at radius 3 is 2.81 bits per heavy atom. The first-order valence-electron chi connectivity index (χ1n) is 6.22. The number of anilines is 2. The molecule has 1 amide bonds. The Morgan fingerprint density at radius 1 is 1.43 bits per heavy atom. The lowest BCUT2D eigenvalue weighted by Crippen LogP contribution is -2.11. The van der Waals surface area contributed by atoms with Crippen molar-refractivity contribution in [2.24, 2.45) is 0 Å². The zero-order valence-electron chi connectivity index (χ0n) is 11.3. The number of carbonyl (C=O) groups is 1. The summed E-state index contributed by atoms with van der Waals surface area (Å²) in [4.78, 5) is 14.7. The van der Waals surface area contributed by atoms with Gasteiger partial charge in [0.2, 0.25) is 0 Å². The van der Waals surface area contributed by atoms with E-state index in [1.807, 2.05) is 6.92 Å². The number of nitrogens with two attached hydrogens (primary N) is 1. The second-order valence-electron chi connectivity index (χ2n) is 4.21. The fraction of sp³-hybridized carbons (Fsp3) is 0.143. The van der Waals surface area contributed by atoms with E-state index in [4.69, 9.17) is 15.6 Å². The van der Waals surface area contributed by atoms with E-state index in [0.717, 1.165) is 6.07 Å². The second kappa shape index (κ2) is 6.08. The van der Waals surface area contributed by atoms with E-state index in [1.165, 1.54) is 18.3 Å². The number of benzene rings is 1. The number of halogens is 1. The summed E-state index contributed by atoms with van der Waals surface area (Å²) in [5, 5.41) is 11.0. The molecule has 110 valence electrons. The molecule has 2 aromatic rings. The molecule has 1 heterocycles. The molecule has 2 rings (SSSR count). The Kier molecular flexibility index (Phi) is 4.22. The zero-order chi connectivity index (χ0) is 15.4. The number of pyridine rings is 1. The number of ether oxygens (including phenoxy) is 1. The fourth-order valence-electron chi connectivity index (χ4n) is 1.84. The molecule has 0 atom stereocenters. The maximum Gasteiger partial charge on any atom is 0.410 e. The number of amides is 1. The number of aromatic nitrogens is 1. The Morgan fingerprint density at radius 2 is 2.19 bits per heavy atom. The number of nitrogen functional groups attached to an aromatic ring is 1. The summed E-state index contributed by atoms with van der Waals surface area (Å²) < 4.78 is 19.3. The lowest BCUT2D eigenvalue weighted by atomic mass is 10.2. The predicted molar refractivity (Wildman–Crippen MR) is 76.1 cm³/mol. The van der Waals surface area contributed by atoms with Gasteiger partial charge in [-0.15, -0.1) is 0 Å². The Hall–Kier alpha value is -2.83. The van der Waals surface area contributed by atoms with Gasteiger partial charge in [-0.2, -0.15) is 0 Å². The van der Waals surface area contributed by atoms with E-state index in [0.29, 0.717) is 23.4 Å². The van der Waals surface area contributed by atoms with Crippen LogP contribution < -0.4 is 15.8 Å². The monoisotopic (exact) mass is 291 g/mol. The van der Waals surface area contributed by atoms with Crippen LogP contribution in [-0.2, 0) is 6.42 Å². The number of hydrogen-bond acceptors (Lipinski definition) is 4. The van der Waals surface area contributed by atoms with Gasteiger partial charge in [0, 0.05) is 23.5 Å². The Labute approximate surface area is 120 Å². The van der Waals surface area contributed by atoms with Crippen LogP contribution in [0, 0.1) is 5.82 Å². The standard InChI is InChI=1S/C14H14FN3O3/c1-2-9-11(5-6-17-13(9)18-14(19)20)21-12-4-3-8(16)7-10(12)15/h3-7H,2,16H2,1H3,(H,17,18)(H,19,20). The van der Waals surface area contributed by atoms with Crippen LogP contribution in [0.1, 0.15) is 12.5 Å². The quantitative estimate of drug-likeness (QED) is 0.751. The number of nitrogens with one attached hydrogen (secondary N) is 1. The van der Waals surface area contributed by atoms with E-state index in [9.17, 15) is 9.18 Å². The van der Waals surface area contributed by atoms with Crippen LogP contribution in [0.4, 0.5) is 20.7 Å². The van der Waals surface area contributed by atoms with Crippen molar-refractivity contribution in [3.05, 3.63) is 41.8 Å². The second-order valence-corrected chi connectivity index (χ2v) is 4.21. The maximum atomic E-state index is 13.8. The Bertz CT molecular complexity index is 677. The zero-order valence-corrected chi connectivity index (χ0v) is 11.3. The summed E-state index contributed by atoms with van der Waals surface area (Å²) >= 11 is 0. The van der Waals surface area contributed by atoms with E-state index in [1.54, 1.807) is 6.07 Å². The van der Waals surface area contributed by atoms with Gasteiger partial charge >= 0.3 is 6.09 Å². The molecule has 0 aliphatic rings. The van der Waals surface area contributed by atoms with Gasteiger partial charge < -0.3 is 15.6 Å². The SMILES string of the molecule is CCc1c(Oc2ccc(N)cc2F)ccnc1NC(=O)O. The van der Waals surface area contributed by atoms with Crippen LogP contribution >= 0.6 is 0 Å². The molecule has 0 bridgehead atoms. The molecule has 0 spiro atoms. The van der Waals surface area contributed by atoms with E-state index < -0.39 is 11.9 Å². The summed E-state index contributed by atoms with van der Waals surface area (Å²) in [7, 11) is 0. The smallest absolute Gasteiger partial charge is 0.410 e. The first kappa shape index (κ1) is 14.6. The van der Waals surface area contributed by atoms with Gasteiger partial charge in [0.25, 0.3) is 0 Å². The minimum atomic E-state index is -1.23. The summed E-state index contributed by atoms with van der Waals surface area (Å²) in [6.45, 7) is 1.82. The van der Waals surface area contributed by atoms with Gasteiger partial charge in [0.05, 0.1) is 0 Å². The maximum absolute atomic E-state index is 13.8. The molecule has 6 nitrogen and oxygen atoms in total. The number of nitrogens with zero attached hydrogens (tertiary/aromatic N) is 1. The van der Waals surface area contributed by atoms with Crippen molar-refractivity contribution in [1.82, 2.24) is 4.98 Å². The predicted octanol–water partition coefficient (Wildman–Crippen LogP) is 3.25. The lowest BCUT2D eigenvalue weighted by Gasteiger charge is -2.13. The molecule has 0 aliphatic heterocycles. The van der Waals surface area contributed by atoms with Crippen molar-refractivity contribution in [2.45, 2.75) is 13.3 Å². The first-order valence-corrected chi connectivity index (χ1v) is 6.22. The van der Waals surface area contributed by atoms with Gasteiger partial charge in [-0.05, 0) is 24.6 Å². The molecule has 0 unspecified atom stereocenters. The minimum Gasteiger partial charge on any atom is -0.465 e. The molecule has 21 heavy (non-hydrogen) atoms. The summed E-state index contributed by atoms with van der Waals surface area (Å²) in [5.41, 5.74) is 6.30. The molecule has 1 aromatic heterocycles. The van der Waals surface area contributed by atoms with Crippen LogP contribution in [0.3, 0.4) is 0 Å². The van der Waals surface area contributed by atoms with Crippen molar-refractivity contribution in [2.75, 3.05) is 11.1 Å². The molecular weight excluding hydrogens is 277 g/mol. The molecule has 0 saturated heterocycles. The number of rotatable bonds is 4. The van der Waals surface area contributed by atoms with Crippen molar-refractivity contribution < 1.29 is 19.0 Å². The normalized spacial score (nSPS) is 10.2. The average Bonchev–Trinajstić information content (AvgIpc) is 2.41. The molecule has 0 aliphatic carbocycles. The van der Waals surface area contributed by atoms with Crippen molar-refractivity contribution >= 4 is 17.6 Å². The third-order valence-corrected chi connectivity index (χ3v) is 2.77. The van der Waals surface area contributed by atoms with Gasteiger partial charge in [0.1, 0.15) is 11.6 Å². The molecule has 0 radical (unpaired) electrons. The third-order valence-electron chi connectivity index (χ3n) is 2.77. The van der Waals surface area contributed by atoms with Crippen molar-refractivity contribution in [3.8, 4) is 11.5 Å². The summed E-state index contributed by atoms with van der Waals surface area (Å²) in [6, 6.07) is 5.62. The topological polar surface area (TPSA) is 97.5 Å². The van der Waals surface area contributed by atoms with Crippen LogP contribution in [0.2, 0.25) is 0 Å². The lowest BCUT2D eigenvalue weighted by molar-refractivity contribution is 0.209. The van der Waals surface area contributed by atoms with Crippen molar-refractivity contribution in [3.63, 3.8) is 0 Å². The first-order chi connectivity index (χ1) is 10.0. The highest BCUT2D eigenvalue weighted by molar-refractivity contribution is 5.83. The summed E-state index contributed by atoms with van der Waals surface area (Å²) in [5.74, 6) is -0.0914. The molecule has 1 aromatic carbocycles. The molecule has 4 N–H and O–H groups in total. The fourth-order valence-corrected chi connectivity index (χ4v) is 1.84. The van der Waals surface area contributed by atoms with Crippen LogP contribution in [0.15, 0.2) is 30.5 Å².